The van der Waals surface area contributed by atoms with Gasteiger partial charge < -0.3 is 4.74 Å². The summed E-state index contributed by atoms with van der Waals surface area (Å²) in [5.41, 5.74) is 0.424. The third kappa shape index (κ3) is 3.82. The van der Waals surface area contributed by atoms with E-state index < -0.39 is 29.3 Å². The molecule has 0 aliphatic carbocycles. The standard InChI is InChI=1S/C18H14N2O6S/c1-27-13-5-2-11(3-6-13)10-26-16(21)9-19-17(22)14-7-4-12(20(24)25)8-15(14)18(19)23/h2-8H,9-10H2,1H3. The van der Waals surface area contributed by atoms with E-state index in [1.54, 1.807) is 11.8 Å². The van der Waals surface area contributed by atoms with E-state index in [1.807, 2.05) is 30.5 Å². The fourth-order valence-corrected chi connectivity index (χ4v) is 3.00. The largest absolute Gasteiger partial charge is 0.459 e. The first-order valence-corrected chi connectivity index (χ1v) is 9.06. The van der Waals surface area contributed by atoms with Gasteiger partial charge in [0.25, 0.3) is 17.5 Å². The Morgan fingerprint density at radius 2 is 1.78 bits per heavy atom. The van der Waals surface area contributed by atoms with Gasteiger partial charge in [-0.1, -0.05) is 12.1 Å². The number of nitro groups is 1. The summed E-state index contributed by atoms with van der Waals surface area (Å²) >= 11 is 1.59. The van der Waals surface area contributed by atoms with Crippen LogP contribution in [0.25, 0.3) is 0 Å². The Morgan fingerprint density at radius 1 is 1.11 bits per heavy atom. The lowest BCUT2D eigenvalue weighted by molar-refractivity contribution is -0.384. The third-order valence-corrected chi connectivity index (χ3v) is 4.75. The number of hydrogen-bond acceptors (Lipinski definition) is 7. The summed E-state index contributed by atoms with van der Waals surface area (Å²) in [4.78, 5) is 48.6. The number of fused-ring (bicyclic) bond motifs is 1. The highest BCUT2D eigenvalue weighted by Crippen LogP contribution is 2.26. The number of non-ortho nitro benzene ring substituents is 1. The molecule has 0 aromatic heterocycles. The van der Waals surface area contributed by atoms with Crippen LogP contribution in [0.15, 0.2) is 47.4 Å². The molecular weight excluding hydrogens is 372 g/mol. The molecule has 0 N–H and O–H groups in total. The van der Waals surface area contributed by atoms with Crippen LogP contribution in [0.5, 0.6) is 0 Å². The van der Waals surface area contributed by atoms with Crippen LogP contribution < -0.4 is 0 Å². The molecule has 2 amide bonds. The number of carbonyl (C=O) groups is 3. The molecule has 3 rings (SSSR count). The molecule has 0 atom stereocenters. The predicted octanol–water partition coefficient (Wildman–Crippen LogP) is 2.66. The van der Waals surface area contributed by atoms with Crippen molar-refractivity contribution in [3.05, 3.63) is 69.3 Å². The summed E-state index contributed by atoms with van der Waals surface area (Å²) in [6, 6.07) is 10.8. The quantitative estimate of drug-likeness (QED) is 0.247. The van der Waals surface area contributed by atoms with Crippen LogP contribution in [-0.4, -0.2) is 40.4 Å². The minimum atomic E-state index is -0.750. The molecule has 138 valence electrons. The molecular formula is C18H14N2O6S. The molecule has 8 nitrogen and oxygen atoms in total. The van der Waals surface area contributed by atoms with Crippen molar-refractivity contribution in [3.63, 3.8) is 0 Å². The normalized spacial score (nSPS) is 12.9. The van der Waals surface area contributed by atoms with Gasteiger partial charge in [0.05, 0.1) is 16.1 Å². The highest BCUT2D eigenvalue weighted by atomic mass is 32.2. The van der Waals surface area contributed by atoms with E-state index in [4.69, 9.17) is 4.74 Å². The van der Waals surface area contributed by atoms with Gasteiger partial charge in [-0.05, 0) is 30.0 Å². The van der Waals surface area contributed by atoms with Gasteiger partial charge in [0.1, 0.15) is 13.2 Å². The van der Waals surface area contributed by atoms with Crippen molar-refractivity contribution in [1.82, 2.24) is 4.90 Å². The first kappa shape index (κ1) is 18.6. The number of ether oxygens (including phenoxy) is 1. The van der Waals surface area contributed by atoms with Gasteiger partial charge in [-0.3, -0.25) is 29.4 Å². The number of esters is 1. The summed E-state index contributed by atoms with van der Waals surface area (Å²) in [6.45, 7) is -0.537. The Kier molecular flexibility index (Phi) is 5.22. The second-order valence-electron chi connectivity index (χ2n) is 5.69. The van der Waals surface area contributed by atoms with Crippen molar-refractivity contribution < 1.29 is 24.0 Å². The number of nitro benzene ring substituents is 1. The zero-order valence-corrected chi connectivity index (χ0v) is 15.0. The number of imide groups is 1. The van der Waals surface area contributed by atoms with E-state index >= 15 is 0 Å². The number of carbonyl (C=O) groups excluding carboxylic acids is 3. The lowest BCUT2D eigenvalue weighted by Crippen LogP contribution is -2.35. The summed E-state index contributed by atoms with van der Waals surface area (Å²) in [7, 11) is 0. The van der Waals surface area contributed by atoms with Crippen molar-refractivity contribution in [2.45, 2.75) is 11.5 Å². The third-order valence-electron chi connectivity index (χ3n) is 4.01. The minimum Gasteiger partial charge on any atom is -0.459 e. The molecule has 0 bridgehead atoms. The number of benzene rings is 2. The Labute approximate surface area is 158 Å². The van der Waals surface area contributed by atoms with Crippen LogP contribution in [-0.2, 0) is 16.1 Å². The van der Waals surface area contributed by atoms with Crippen LogP contribution in [0.2, 0.25) is 0 Å². The van der Waals surface area contributed by atoms with Crippen LogP contribution >= 0.6 is 11.8 Å². The average molecular weight is 386 g/mol. The molecule has 9 heteroatoms. The second-order valence-corrected chi connectivity index (χ2v) is 6.57. The molecule has 0 fully saturated rings. The zero-order chi connectivity index (χ0) is 19.6. The lowest BCUT2D eigenvalue weighted by Gasteiger charge is -2.13. The molecule has 1 heterocycles. The number of amides is 2. The molecule has 0 unspecified atom stereocenters. The molecule has 1 aliphatic rings. The molecule has 2 aromatic carbocycles. The first-order chi connectivity index (χ1) is 12.9. The van der Waals surface area contributed by atoms with Crippen LogP contribution in [0.1, 0.15) is 26.3 Å². The maximum Gasteiger partial charge on any atom is 0.326 e. The van der Waals surface area contributed by atoms with E-state index in [2.05, 4.69) is 0 Å². The number of rotatable bonds is 6. The van der Waals surface area contributed by atoms with Crippen molar-refractivity contribution in [1.29, 1.82) is 0 Å². The maximum absolute atomic E-state index is 12.3. The lowest BCUT2D eigenvalue weighted by atomic mass is 10.1. The molecule has 0 saturated heterocycles. The molecule has 1 aliphatic heterocycles. The molecule has 0 saturated carbocycles. The highest BCUT2D eigenvalue weighted by molar-refractivity contribution is 7.98. The van der Waals surface area contributed by atoms with Gasteiger partial charge in [0, 0.05) is 17.0 Å². The van der Waals surface area contributed by atoms with E-state index in [1.165, 1.54) is 6.07 Å². The van der Waals surface area contributed by atoms with Crippen molar-refractivity contribution in [2.75, 3.05) is 12.8 Å². The van der Waals surface area contributed by atoms with Gasteiger partial charge in [-0.2, -0.15) is 0 Å². The monoisotopic (exact) mass is 386 g/mol. The first-order valence-electron chi connectivity index (χ1n) is 7.84. The van der Waals surface area contributed by atoms with Crippen LogP contribution in [0.3, 0.4) is 0 Å². The van der Waals surface area contributed by atoms with Crippen LogP contribution in [0.4, 0.5) is 5.69 Å². The predicted molar refractivity (Wildman–Crippen MR) is 96.5 cm³/mol. The van der Waals surface area contributed by atoms with E-state index in [-0.39, 0.29) is 23.4 Å². The van der Waals surface area contributed by atoms with Gasteiger partial charge in [-0.15, -0.1) is 11.8 Å². The molecule has 0 radical (unpaired) electrons. The molecule has 0 spiro atoms. The van der Waals surface area contributed by atoms with Crippen LogP contribution in [0, 0.1) is 10.1 Å². The second kappa shape index (κ2) is 7.58. The molecule has 2 aromatic rings. The van der Waals surface area contributed by atoms with Crippen molar-refractivity contribution in [2.24, 2.45) is 0 Å². The smallest absolute Gasteiger partial charge is 0.326 e. The molecule has 27 heavy (non-hydrogen) atoms. The Balaban J connectivity index is 1.64. The number of hydrogen-bond donors (Lipinski definition) is 0. The fraction of sp³-hybridized carbons (Fsp3) is 0.167. The van der Waals surface area contributed by atoms with Crippen molar-refractivity contribution >= 4 is 35.2 Å². The summed E-state index contributed by atoms with van der Waals surface area (Å²) in [5.74, 6) is -2.17. The number of thioether (sulfide) groups is 1. The van der Waals surface area contributed by atoms with E-state index in [9.17, 15) is 24.5 Å². The van der Waals surface area contributed by atoms with E-state index in [0.717, 1.165) is 27.5 Å². The summed E-state index contributed by atoms with van der Waals surface area (Å²) in [6.07, 6.45) is 1.95. The fourth-order valence-electron chi connectivity index (χ4n) is 2.60. The minimum absolute atomic E-state index is 0.0160. The highest BCUT2D eigenvalue weighted by Gasteiger charge is 2.38. The van der Waals surface area contributed by atoms with E-state index in [0.29, 0.717) is 0 Å². The zero-order valence-electron chi connectivity index (χ0n) is 14.2. The summed E-state index contributed by atoms with van der Waals surface area (Å²) in [5, 5.41) is 10.8. The van der Waals surface area contributed by atoms with Crippen molar-refractivity contribution in [3.8, 4) is 0 Å². The summed E-state index contributed by atoms with van der Waals surface area (Å²) < 4.78 is 5.12. The topological polar surface area (TPSA) is 107 Å². The maximum atomic E-state index is 12.3. The van der Waals surface area contributed by atoms with Gasteiger partial charge in [0.2, 0.25) is 0 Å². The average Bonchev–Trinajstić information content (AvgIpc) is 2.91. The van der Waals surface area contributed by atoms with Gasteiger partial charge in [0.15, 0.2) is 0 Å². The Morgan fingerprint density at radius 3 is 2.41 bits per heavy atom. The Bertz CT molecular complexity index is 941. The van der Waals surface area contributed by atoms with Gasteiger partial charge in [-0.25, -0.2) is 0 Å². The Hall–Kier alpha value is -3.20. The van der Waals surface area contributed by atoms with Gasteiger partial charge >= 0.3 is 5.97 Å². The SMILES string of the molecule is CSc1ccc(COC(=O)CN2C(=O)c3ccc([N+](=O)[O-])cc3C2=O)cc1. The number of nitrogens with zero attached hydrogens (tertiary/aromatic N) is 2.